The van der Waals surface area contributed by atoms with Crippen LogP contribution in [0.5, 0.6) is 0 Å². The zero-order chi connectivity index (χ0) is 12.6. The van der Waals surface area contributed by atoms with Crippen LogP contribution in [0.1, 0.15) is 31.2 Å². The Morgan fingerprint density at radius 2 is 2.28 bits per heavy atom. The molecule has 0 atom stereocenters. The second kappa shape index (κ2) is 4.35. The van der Waals surface area contributed by atoms with Gasteiger partial charge in [0.25, 0.3) is 0 Å². The van der Waals surface area contributed by atoms with Gasteiger partial charge in [-0.05, 0) is 37.3 Å². The Balaban J connectivity index is 1.75. The molecule has 0 aromatic carbocycles. The van der Waals surface area contributed by atoms with Crippen LogP contribution in [0.15, 0.2) is 24.5 Å². The van der Waals surface area contributed by atoms with Crippen LogP contribution in [0.25, 0.3) is 0 Å². The third-order valence-electron chi connectivity index (χ3n) is 4.02. The summed E-state index contributed by atoms with van der Waals surface area (Å²) in [7, 11) is 0. The molecule has 2 aliphatic carbocycles. The fourth-order valence-electron chi connectivity index (χ4n) is 2.40. The lowest BCUT2D eigenvalue weighted by molar-refractivity contribution is -0.137. The van der Waals surface area contributed by atoms with Crippen molar-refractivity contribution in [2.24, 2.45) is 11.1 Å². The highest BCUT2D eigenvalue weighted by Gasteiger charge is 2.52. The largest absolute Gasteiger partial charge is 0.335 e. The van der Waals surface area contributed by atoms with Gasteiger partial charge in [0.1, 0.15) is 0 Å². The second-order valence-electron chi connectivity index (χ2n) is 5.51. The molecule has 96 valence electrons. The third kappa shape index (κ3) is 2.12. The van der Waals surface area contributed by atoms with Crippen LogP contribution in [-0.2, 0) is 11.3 Å². The highest BCUT2D eigenvalue weighted by atomic mass is 16.2. The number of aromatic nitrogens is 1. The van der Waals surface area contributed by atoms with Gasteiger partial charge in [-0.1, -0.05) is 6.07 Å². The van der Waals surface area contributed by atoms with Crippen molar-refractivity contribution in [3.05, 3.63) is 30.1 Å². The van der Waals surface area contributed by atoms with E-state index in [0.29, 0.717) is 19.1 Å². The molecule has 0 radical (unpaired) electrons. The van der Waals surface area contributed by atoms with E-state index in [0.717, 1.165) is 31.2 Å². The summed E-state index contributed by atoms with van der Waals surface area (Å²) in [4.78, 5) is 18.7. The van der Waals surface area contributed by atoms with E-state index in [2.05, 4.69) is 4.98 Å². The molecule has 18 heavy (non-hydrogen) atoms. The van der Waals surface area contributed by atoms with E-state index < -0.39 is 0 Å². The molecule has 4 nitrogen and oxygen atoms in total. The standard InChI is InChI=1S/C14H19N3O/c15-10-14(5-6-14)13(18)17(12-3-4-12)9-11-2-1-7-16-8-11/h1-2,7-8,12H,3-6,9-10,15H2. The summed E-state index contributed by atoms with van der Waals surface area (Å²) in [6.07, 6.45) is 7.77. The predicted molar refractivity (Wildman–Crippen MR) is 68.5 cm³/mol. The zero-order valence-corrected chi connectivity index (χ0v) is 10.5. The summed E-state index contributed by atoms with van der Waals surface area (Å²) >= 11 is 0. The van der Waals surface area contributed by atoms with Crippen molar-refractivity contribution >= 4 is 5.91 Å². The molecule has 0 unspecified atom stereocenters. The molecular formula is C14H19N3O. The summed E-state index contributed by atoms with van der Waals surface area (Å²) in [5.41, 5.74) is 6.63. The number of carbonyl (C=O) groups is 1. The molecule has 1 heterocycles. The minimum atomic E-state index is -0.231. The predicted octanol–water partition coefficient (Wildman–Crippen LogP) is 1.31. The molecule has 0 aliphatic heterocycles. The molecular weight excluding hydrogens is 226 g/mol. The molecule has 1 amide bonds. The van der Waals surface area contributed by atoms with Gasteiger partial charge in [0.05, 0.1) is 5.41 Å². The summed E-state index contributed by atoms with van der Waals surface area (Å²) < 4.78 is 0. The van der Waals surface area contributed by atoms with Crippen molar-refractivity contribution in [1.82, 2.24) is 9.88 Å². The van der Waals surface area contributed by atoms with Crippen molar-refractivity contribution in [3.8, 4) is 0 Å². The quantitative estimate of drug-likeness (QED) is 0.851. The summed E-state index contributed by atoms with van der Waals surface area (Å²) in [5, 5.41) is 0. The maximum absolute atomic E-state index is 12.6. The van der Waals surface area contributed by atoms with Crippen molar-refractivity contribution in [3.63, 3.8) is 0 Å². The molecule has 1 aromatic heterocycles. The summed E-state index contributed by atoms with van der Waals surface area (Å²) in [5.74, 6) is 0.261. The first-order valence-electron chi connectivity index (χ1n) is 6.65. The van der Waals surface area contributed by atoms with Crippen LogP contribution in [0.4, 0.5) is 0 Å². The lowest BCUT2D eigenvalue weighted by atomic mass is 10.1. The van der Waals surface area contributed by atoms with Crippen LogP contribution in [0, 0.1) is 5.41 Å². The number of rotatable bonds is 5. The van der Waals surface area contributed by atoms with Gasteiger partial charge in [0, 0.05) is 31.5 Å². The summed E-state index contributed by atoms with van der Waals surface area (Å²) in [6, 6.07) is 4.38. The van der Waals surface area contributed by atoms with E-state index in [-0.39, 0.29) is 11.3 Å². The smallest absolute Gasteiger partial charge is 0.230 e. The molecule has 2 N–H and O–H groups in total. The maximum atomic E-state index is 12.6. The number of amides is 1. The van der Waals surface area contributed by atoms with E-state index >= 15 is 0 Å². The average molecular weight is 245 g/mol. The number of hydrogen-bond donors (Lipinski definition) is 1. The monoisotopic (exact) mass is 245 g/mol. The number of nitrogens with zero attached hydrogens (tertiary/aromatic N) is 2. The number of nitrogens with two attached hydrogens (primary N) is 1. The molecule has 2 fully saturated rings. The van der Waals surface area contributed by atoms with Crippen molar-refractivity contribution in [1.29, 1.82) is 0 Å². The lowest BCUT2D eigenvalue weighted by Crippen LogP contribution is -2.41. The first-order valence-corrected chi connectivity index (χ1v) is 6.65. The molecule has 4 heteroatoms. The fraction of sp³-hybridized carbons (Fsp3) is 0.571. The Morgan fingerprint density at radius 3 is 2.78 bits per heavy atom. The molecule has 3 rings (SSSR count). The van der Waals surface area contributed by atoms with Gasteiger partial charge in [-0.3, -0.25) is 9.78 Å². The first kappa shape index (κ1) is 11.7. The molecule has 0 bridgehead atoms. The number of carbonyl (C=O) groups excluding carboxylic acids is 1. The van der Waals surface area contributed by atoms with Crippen LogP contribution in [-0.4, -0.2) is 28.4 Å². The van der Waals surface area contributed by atoms with Crippen molar-refractivity contribution in [2.75, 3.05) is 6.54 Å². The van der Waals surface area contributed by atoms with Gasteiger partial charge >= 0.3 is 0 Å². The minimum absolute atomic E-state index is 0.231. The molecule has 2 aliphatic rings. The Labute approximate surface area is 107 Å². The molecule has 2 saturated carbocycles. The van der Waals surface area contributed by atoms with Gasteiger partial charge in [0.15, 0.2) is 0 Å². The number of pyridine rings is 1. The highest BCUT2D eigenvalue weighted by Crippen LogP contribution is 2.48. The van der Waals surface area contributed by atoms with Gasteiger partial charge < -0.3 is 10.6 Å². The van der Waals surface area contributed by atoms with Gasteiger partial charge in [0.2, 0.25) is 5.91 Å². The third-order valence-corrected chi connectivity index (χ3v) is 4.02. The van der Waals surface area contributed by atoms with E-state index in [1.165, 1.54) is 0 Å². The van der Waals surface area contributed by atoms with Gasteiger partial charge in [-0.2, -0.15) is 0 Å². The second-order valence-corrected chi connectivity index (χ2v) is 5.51. The highest BCUT2D eigenvalue weighted by molar-refractivity contribution is 5.86. The van der Waals surface area contributed by atoms with Crippen LogP contribution in [0.3, 0.4) is 0 Å². The van der Waals surface area contributed by atoms with E-state index in [1.807, 2.05) is 23.2 Å². The molecule has 0 saturated heterocycles. The SMILES string of the molecule is NCC1(C(=O)N(Cc2cccnc2)C2CC2)CC1. The summed E-state index contributed by atoms with van der Waals surface area (Å²) in [6.45, 7) is 1.17. The normalized spacial score (nSPS) is 20.5. The van der Waals surface area contributed by atoms with Crippen LogP contribution in [0.2, 0.25) is 0 Å². The number of hydrogen-bond acceptors (Lipinski definition) is 3. The first-order chi connectivity index (χ1) is 8.75. The lowest BCUT2D eigenvalue weighted by Gasteiger charge is -2.26. The Kier molecular flexibility index (Phi) is 2.82. The van der Waals surface area contributed by atoms with Crippen molar-refractivity contribution < 1.29 is 4.79 Å². The van der Waals surface area contributed by atoms with E-state index in [9.17, 15) is 4.79 Å². The topological polar surface area (TPSA) is 59.2 Å². The van der Waals surface area contributed by atoms with Crippen molar-refractivity contribution in [2.45, 2.75) is 38.3 Å². The minimum Gasteiger partial charge on any atom is -0.335 e. The Morgan fingerprint density at radius 1 is 1.50 bits per heavy atom. The Bertz CT molecular complexity index is 438. The van der Waals surface area contributed by atoms with Crippen LogP contribution < -0.4 is 5.73 Å². The van der Waals surface area contributed by atoms with E-state index in [4.69, 9.17) is 5.73 Å². The molecule has 1 aromatic rings. The average Bonchev–Trinajstić information content (AvgIpc) is 3.30. The maximum Gasteiger partial charge on any atom is 0.230 e. The van der Waals surface area contributed by atoms with Crippen LogP contribution >= 0.6 is 0 Å². The van der Waals surface area contributed by atoms with E-state index in [1.54, 1.807) is 6.20 Å². The Hall–Kier alpha value is -1.42. The fourth-order valence-corrected chi connectivity index (χ4v) is 2.40. The zero-order valence-electron chi connectivity index (χ0n) is 10.5. The van der Waals surface area contributed by atoms with Gasteiger partial charge in [-0.25, -0.2) is 0 Å². The van der Waals surface area contributed by atoms with Gasteiger partial charge in [-0.15, -0.1) is 0 Å². The molecule has 0 spiro atoms.